The third kappa shape index (κ3) is 4.31. The lowest BCUT2D eigenvalue weighted by Gasteiger charge is -2.15. The van der Waals surface area contributed by atoms with Gasteiger partial charge in [0.05, 0.1) is 19.0 Å². The number of benzene rings is 1. The van der Waals surface area contributed by atoms with Gasteiger partial charge in [-0.3, -0.25) is 9.78 Å². The van der Waals surface area contributed by atoms with Crippen LogP contribution in [-0.2, 0) is 4.79 Å². The molecular weight excluding hydrogens is 280 g/mol. The summed E-state index contributed by atoms with van der Waals surface area (Å²) < 4.78 is 5.24. The van der Waals surface area contributed by atoms with Gasteiger partial charge in [-0.1, -0.05) is 12.1 Å². The van der Waals surface area contributed by atoms with Gasteiger partial charge in [0.15, 0.2) is 0 Å². The zero-order chi connectivity index (χ0) is 15.8. The van der Waals surface area contributed by atoms with E-state index in [0.717, 1.165) is 11.3 Å². The van der Waals surface area contributed by atoms with Gasteiger partial charge >= 0.3 is 0 Å². The van der Waals surface area contributed by atoms with E-state index >= 15 is 0 Å². The number of para-hydroxylation sites is 2. The molecule has 0 radical (unpaired) electrons. The Bertz CT molecular complexity index is 644. The number of hydrogen-bond donors (Lipinski definition) is 2. The number of rotatable bonds is 6. The van der Waals surface area contributed by atoms with Gasteiger partial charge in [0.25, 0.3) is 5.91 Å². The third-order valence-corrected chi connectivity index (χ3v) is 2.97. The quantitative estimate of drug-likeness (QED) is 0.632. The molecule has 2 aromatic rings. The number of aromatic nitrogens is 1. The highest BCUT2D eigenvalue weighted by molar-refractivity contribution is 5.86. The van der Waals surface area contributed by atoms with E-state index in [0.29, 0.717) is 5.75 Å². The minimum Gasteiger partial charge on any atom is -0.495 e. The molecule has 1 atom stereocenters. The number of carbonyl (C=O) groups excluding carboxylic acids is 1. The Hall–Kier alpha value is -2.89. The van der Waals surface area contributed by atoms with Crippen LogP contribution in [0.15, 0.2) is 53.9 Å². The van der Waals surface area contributed by atoms with Gasteiger partial charge in [0.1, 0.15) is 11.8 Å². The zero-order valence-electron chi connectivity index (χ0n) is 12.5. The van der Waals surface area contributed by atoms with Gasteiger partial charge < -0.3 is 10.1 Å². The molecule has 2 rings (SSSR count). The summed E-state index contributed by atoms with van der Waals surface area (Å²) in [6, 6.07) is 10.6. The SMILES string of the molecule is COc1ccccc1N[C@H](C)C(=O)N/N=C\c1ccncc1. The van der Waals surface area contributed by atoms with Crippen molar-refractivity contribution in [3.8, 4) is 5.75 Å². The zero-order valence-corrected chi connectivity index (χ0v) is 12.5. The molecule has 0 fully saturated rings. The van der Waals surface area contributed by atoms with Gasteiger partial charge in [-0.15, -0.1) is 0 Å². The Balaban J connectivity index is 1.91. The number of hydrogen-bond acceptors (Lipinski definition) is 5. The van der Waals surface area contributed by atoms with Crippen LogP contribution in [0.5, 0.6) is 5.75 Å². The van der Waals surface area contributed by atoms with Crippen LogP contribution < -0.4 is 15.5 Å². The van der Waals surface area contributed by atoms with E-state index in [-0.39, 0.29) is 5.91 Å². The number of ether oxygens (including phenoxy) is 1. The van der Waals surface area contributed by atoms with Gasteiger partial charge in [0.2, 0.25) is 0 Å². The van der Waals surface area contributed by atoms with Crippen molar-refractivity contribution >= 4 is 17.8 Å². The van der Waals surface area contributed by atoms with Crippen LogP contribution in [0.3, 0.4) is 0 Å². The average Bonchev–Trinajstić information content (AvgIpc) is 2.56. The van der Waals surface area contributed by atoms with Crippen molar-refractivity contribution in [3.05, 3.63) is 54.4 Å². The van der Waals surface area contributed by atoms with Crippen molar-refractivity contribution < 1.29 is 9.53 Å². The molecule has 6 nitrogen and oxygen atoms in total. The number of carbonyl (C=O) groups is 1. The number of nitrogens with one attached hydrogen (secondary N) is 2. The molecule has 1 aromatic heterocycles. The molecule has 1 heterocycles. The molecule has 2 N–H and O–H groups in total. The minimum atomic E-state index is -0.453. The molecule has 1 amide bonds. The maximum atomic E-state index is 12.0. The van der Waals surface area contributed by atoms with Crippen molar-refractivity contribution in [1.82, 2.24) is 10.4 Å². The summed E-state index contributed by atoms with van der Waals surface area (Å²) in [6.07, 6.45) is 4.89. The molecule has 0 saturated heterocycles. The van der Waals surface area contributed by atoms with E-state index in [1.165, 1.54) is 0 Å². The second kappa shape index (κ2) is 7.78. The van der Waals surface area contributed by atoms with Crippen molar-refractivity contribution in [3.63, 3.8) is 0 Å². The largest absolute Gasteiger partial charge is 0.495 e. The fourth-order valence-corrected chi connectivity index (χ4v) is 1.78. The summed E-state index contributed by atoms with van der Waals surface area (Å²) in [5, 5.41) is 7.01. The molecule has 114 valence electrons. The molecule has 6 heteroatoms. The van der Waals surface area contributed by atoms with Crippen molar-refractivity contribution in [2.24, 2.45) is 5.10 Å². The smallest absolute Gasteiger partial charge is 0.262 e. The molecule has 0 aliphatic carbocycles. The summed E-state index contributed by atoms with van der Waals surface area (Å²) in [4.78, 5) is 15.9. The second-order valence-electron chi connectivity index (χ2n) is 4.58. The van der Waals surface area contributed by atoms with Gasteiger partial charge in [0, 0.05) is 12.4 Å². The summed E-state index contributed by atoms with van der Waals surface area (Å²) in [5.74, 6) is 0.443. The first-order valence-electron chi connectivity index (χ1n) is 6.83. The van der Waals surface area contributed by atoms with E-state index < -0.39 is 6.04 Å². The summed E-state index contributed by atoms with van der Waals surface area (Å²) in [7, 11) is 1.59. The van der Waals surface area contributed by atoms with E-state index in [2.05, 4.69) is 20.8 Å². The van der Waals surface area contributed by atoms with Crippen molar-refractivity contribution in [1.29, 1.82) is 0 Å². The minimum absolute atomic E-state index is 0.240. The van der Waals surface area contributed by atoms with Gasteiger partial charge in [-0.2, -0.15) is 5.10 Å². The van der Waals surface area contributed by atoms with Crippen LogP contribution >= 0.6 is 0 Å². The van der Waals surface area contributed by atoms with E-state index in [4.69, 9.17) is 4.74 Å². The van der Waals surface area contributed by atoms with Crippen LogP contribution in [0.1, 0.15) is 12.5 Å². The first-order valence-corrected chi connectivity index (χ1v) is 6.83. The maximum Gasteiger partial charge on any atom is 0.262 e. The molecule has 0 saturated carbocycles. The summed E-state index contributed by atoms with van der Waals surface area (Å²) in [5.41, 5.74) is 4.11. The van der Waals surface area contributed by atoms with Crippen LogP contribution in [-0.4, -0.2) is 30.3 Å². The number of hydrazone groups is 1. The maximum absolute atomic E-state index is 12.0. The molecule has 0 aliphatic heterocycles. The lowest BCUT2D eigenvalue weighted by atomic mass is 10.2. The topological polar surface area (TPSA) is 75.6 Å². The fraction of sp³-hybridized carbons (Fsp3) is 0.188. The first kappa shape index (κ1) is 15.5. The van der Waals surface area contributed by atoms with Crippen LogP contribution in [0.2, 0.25) is 0 Å². The average molecular weight is 298 g/mol. The predicted molar refractivity (Wildman–Crippen MR) is 86.1 cm³/mol. The monoisotopic (exact) mass is 298 g/mol. The Morgan fingerprint density at radius 3 is 2.73 bits per heavy atom. The third-order valence-electron chi connectivity index (χ3n) is 2.97. The molecule has 0 aliphatic rings. The van der Waals surface area contributed by atoms with Crippen molar-refractivity contribution in [2.45, 2.75) is 13.0 Å². The highest BCUT2D eigenvalue weighted by Gasteiger charge is 2.13. The number of nitrogens with zero attached hydrogens (tertiary/aromatic N) is 2. The van der Waals surface area contributed by atoms with E-state index in [9.17, 15) is 4.79 Å². The predicted octanol–water partition coefficient (Wildman–Crippen LogP) is 2.04. The van der Waals surface area contributed by atoms with Gasteiger partial charge in [-0.05, 0) is 36.8 Å². The standard InChI is InChI=1S/C16H18N4O2/c1-12(19-14-5-3-4-6-15(14)22-2)16(21)20-18-11-13-7-9-17-10-8-13/h3-12,19H,1-2H3,(H,20,21)/b18-11-/t12-/m1/s1. The molecule has 0 unspecified atom stereocenters. The fourth-order valence-electron chi connectivity index (χ4n) is 1.78. The molecular formula is C16H18N4O2. The lowest BCUT2D eigenvalue weighted by Crippen LogP contribution is -2.35. The Labute approximate surface area is 129 Å². The van der Waals surface area contributed by atoms with Crippen LogP contribution in [0, 0.1) is 0 Å². The highest BCUT2D eigenvalue weighted by Crippen LogP contribution is 2.23. The van der Waals surface area contributed by atoms with Crippen LogP contribution in [0.25, 0.3) is 0 Å². The highest BCUT2D eigenvalue weighted by atomic mass is 16.5. The van der Waals surface area contributed by atoms with E-state index in [1.807, 2.05) is 24.3 Å². The Kier molecular flexibility index (Phi) is 5.48. The molecule has 22 heavy (non-hydrogen) atoms. The summed E-state index contributed by atoms with van der Waals surface area (Å²) in [6.45, 7) is 1.75. The summed E-state index contributed by atoms with van der Waals surface area (Å²) >= 11 is 0. The lowest BCUT2D eigenvalue weighted by molar-refractivity contribution is -0.121. The van der Waals surface area contributed by atoms with Gasteiger partial charge in [-0.25, -0.2) is 5.43 Å². The Morgan fingerprint density at radius 2 is 2.00 bits per heavy atom. The molecule has 0 bridgehead atoms. The number of anilines is 1. The Morgan fingerprint density at radius 1 is 1.27 bits per heavy atom. The first-order chi connectivity index (χ1) is 10.7. The number of amides is 1. The van der Waals surface area contributed by atoms with Crippen molar-refractivity contribution in [2.75, 3.05) is 12.4 Å². The van der Waals surface area contributed by atoms with E-state index in [1.54, 1.807) is 44.8 Å². The van der Waals surface area contributed by atoms with Crippen LogP contribution in [0.4, 0.5) is 5.69 Å². The molecule has 0 spiro atoms. The number of pyridine rings is 1. The number of methoxy groups -OCH3 is 1. The normalized spacial score (nSPS) is 11.9. The second-order valence-corrected chi connectivity index (χ2v) is 4.58. The molecule has 1 aromatic carbocycles.